The first-order chi connectivity index (χ1) is 7.66. The van der Waals surface area contributed by atoms with Crippen molar-refractivity contribution < 1.29 is 0 Å². The van der Waals surface area contributed by atoms with E-state index < -0.39 is 0 Å². The van der Waals surface area contributed by atoms with Gasteiger partial charge in [-0.1, -0.05) is 35.5 Å². The smallest absolute Gasteiger partial charge is 0.0406 e. The summed E-state index contributed by atoms with van der Waals surface area (Å²) in [6.45, 7) is 4.30. The van der Waals surface area contributed by atoms with Crippen molar-refractivity contribution in [1.29, 1.82) is 0 Å². The molecule has 2 aromatic rings. The quantitative estimate of drug-likeness (QED) is 0.712. The molecule has 0 nitrogen and oxygen atoms in total. The van der Waals surface area contributed by atoms with Gasteiger partial charge in [-0.05, 0) is 55.3 Å². The number of benzene rings is 2. The fraction of sp³-hybridized carbons (Fsp3) is 0.143. The maximum atomic E-state index is 5.86. The van der Waals surface area contributed by atoms with Gasteiger partial charge in [0.25, 0.3) is 0 Å². The summed E-state index contributed by atoms with van der Waals surface area (Å²) in [5.74, 6) is 0. The van der Waals surface area contributed by atoms with Gasteiger partial charge >= 0.3 is 0 Å². The second-order valence-corrected chi connectivity index (χ2v) is 5.31. The molecule has 0 unspecified atom stereocenters. The first-order valence-electron chi connectivity index (χ1n) is 5.16. The van der Waals surface area contributed by atoms with Crippen molar-refractivity contribution >= 4 is 23.4 Å². The average molecular weight is 249 g/mol. The molecule has 0 aliphatic rings. The molecule has 2 aromatic carbocycles. The summed E-state index contributed by atoms with van der Waals surface area (Å²) in [5, 5.41) is 0.783. The lowest BCUT2D eigenvalue weighted by Crippen LogP contribution is -1.84. The highest BCUT2D eigenvalue weighted by molar-refractivity contribution is 7.99. The van der Waals surface area contributed by atoms with Gasteiger partial charge in [0.1, 0.15) is 0 Å². The molecule has 0 fully saturated rings. The molecule has 16 heavy (non-hydrogen) atoms. The summed E-state index contributed by atoms with van der Waals surface area (Å²) in [4.78, 5) is 2.53. The fourth-order valence-corrected chi connectivity index (χ4v) is 2.58. The van der Waals surface area contributed by atoms with E-state index in [1.807, 2.05) is 12.1 Å². The maximum Gasteiger partial charge on any atom is 0.0406 e. The Bertz CT molecular complexity index is 489. The van der Waals surface area contributed by atoms with E-state index in [0.717, 1.165) is 5.02 Å². The number of rotatable bonds is 2. The van der Waals surface area contributed by atoms with Gasteiger partial charge in [-0.2, -0.15) is 0 Å². The van der Waals surface area contributed by atoms with E-state index in [0.29, 0.717) is 0 Å². The van der Waals surface area contributed by atoms with Gasteiger partial charge in [0.2, 0.25) is 0 Å². The second-order valence-electron chi connectivity index (χ2n) is 3.75. The largest absolute Gasteiger partial charge is 0.0898 e. The molecule has 0 saturated carbocycles. The van der Waals surface area contributed by atoms with Gasteiger partial charge in [0, 0.05) is 14.8 Å². The Balaban J connectivity index is 2.27. The van der Waals surface area contributed by atoms with Crippen molar-refractivity contribution in [3.8, 4) is 0 Å². The third-order valence-electron chi connectivity index (χ3n) is 2.60. The first kappa shape index (κ1) is 11.6. The standard InChI is InChI=1S/C14H13ClS/c1-10-4-3-5-14(11(10)2)16-13-8-6-12(15)7-9-13/h3-9H,1-2H3. The van der Waals surface area contributed by atoms with Crippen LogP contribution in [0.25, 0.3) is 0 Å². The average Bonchev–Trinajstić information content (AvgIpc) is 2.28. The summed E-state index contributed by atoms with van der Waals surface area (Å²) < 4.78 is 0. The van der Waals surface area contributed by atoms with Crippen molar-refractivity contribution in [1.82, 2.24) is 0 Å². The lowest BCUT2D eigenvalue weighted by Gasteiger charge is -2.07. The van der Waals surface area contributed by atoms with Gasteiger partial charge in [-0.25, -0.2) is 0 Å². The number of hydrogen-bond donors (Lipinski definition) is 0. The lowest BCUT2D eigenvalue weighted by molar-refractivity contribution is 1.23. The van der Waals surface area contributed by atoms with E-state index in [1.165, 1.54) is 20.9 Å². The van der Waals surface area contributed by atoms with Crippen LogP contribution in [0.15, 0.2) is 52.3 Å². The van der Waals surface area contributed by atoms with Crippen LogP contribution in [0, 0.1) is 13.8 Å². The molecule has 0 aliphatic heterocycles. The third kappa shape index (κ3) is 2.60. The van der Waals surface area contributed by atoms with Crippen LogP contribution in [0.5, 0.6) is 0 Å². The van der Waals surface area contributed by atoms with Crippen LogP contribution in [-0.4, -0.2) is 0 Å². The molecule has 0 amide bonds. The number of halogens is 1. The second kappa shape index (κ2) is 4.94. The Labute approximate surface area is 106 Å². The van der Waals surface area contributed by atoms with Crippen LogP contribution in [0.3, 0.4) is 0 Å². The molecular formula is C14H13ClS. The van der Waals surface area contributed by atoms with Crippen molar-refractivity contribution in [3.63, 3.8) is 0 Å². The Morgan fingerprint density at radius 2 is 1.62 bits per heavy atom. The van der Waals surface area contributed by atoms with Crippen molar-refractivity contribution in [2.45, 2.75) is 23.6 Å². The predicted octanol–water partition coefficient (Wildman–Crippen LogP) is 5.11. The molecule has 0 N–H and O–H groups in total. The van der Waals surface area contributed by atoms with E-state index in [-0.39, 0.29) is 0 Å². The molecule has 0 bridgehead atoms. The lowest BCUT2D eigenvalue weighted by atomic mass is 10.1. The number of hydrogen-bond acceptors (Lipinski definition) is 1. The van der Waals surface area contributed by atoms with Gasteiger partial charge in [0.15, 0.2) is 0 Å². The van der Waals surface area contributed by atoms with Crippen LogP contribution in [0.2, 0.25) is 5.02 Å². The molecule has 0 aliphatic carbocycles. The zero-order valence-electron chi connectivity index (χ0n) is 9.33. The highest BCUT2D eigenvalue weighted by atomic mass is 35.5. The molecule has 2 heteroatoms. The van der Waals surface area contributed by atoms with Gasteiger partial charge < -0.3 is 0 Å². The molecular weight excluding hydrogens is 236 g/mol. The maximum absolute atomic E-state index is 5.86. The van der Waals surface area contributed by atoms with Gasteiger partial charge in [-0.3, -0.25) is 0 Å². The van der Waals surface area contributed by atoms with E-state index in [1.54, 1.807) is 11.8 Å². The Kier molecular flexibility index (Phi) is 3.57. The van der Waals surface area contributed by atoms with Gasteiger partial charge in [-0.15, -0.1) is 0 Å². The van der Waals surface area contributed by atoms with E-state index >= 15 is 0 Å². The molecule has 0 spiro atoms. The van der Waals surface area contributed by atoms with Crippen molar-refractivity contribution in [3.05, 3.63) is 58.6 Å². The highest BCUT2D eigenvalue weighted by Gasteiger charge is 2.02. The molecule has 0 aromatic heterocycles. The minimum Gasteiger partial charge on any atom is -0.0898 e. The number of aryl methyl sites for hydroxylation is 1. The summed E-state index contributed by atoms with van der Waals surface area (Å²) in [6.07, 6.45) is 0. The van der Waals surface area contributed by atoms with Crippen LogP contribution in [-0.2, 0) is 0 Å². The van der Waals surface area contributed by atoms with E-state index in [4.69, 9.17) is 11.6 Å². The van der Waals surface area contributed by atoms with Crippen molar-refractivity contribution in [2.75, 3.05) is 0 Å². The van der Waals surface area contributed by atoms with Crippen molar-refractivity contribution in [2.24, 2.45) is 0 Å². The first-order valence-corrected chi connectivity index (χ1v) is 6.36. The monoisotopic (exact) mass is 248 g/mol. The molecule has 0 radical (unpaired) electrons. The Morgan fingerprint density at radius 3 is 2.31 bits per heavy atom. The van der Waals surface area contributed by atoms with Crippen LogP contribution in [0.1, 0.15) is 11.1 Å². The van der Waals surface area contributed by atoms with Crippen LogP contribution >= 0.6 is 23.4 Å². The molecule has 0 heterocycles. The zero-order chi connectivity index (χ0) is 11.5. The zero-order valence-corrected chi connectivity index (χ0v) is 10.9. The summed E-state index contributed by atoms with van der Waals surface area (Å²) >= 11 is 7.64. The van der Waals surface area contributed by atoms with Crippen LogP contribution < -0.4 is 0 Å². The van der Waals surface area contributed by atoms with Crippen LogP contribution in [0.4, 0.5) is 0 Å². The molecule has 0 saturated heterocycles. The minimum atomic E-state index is 0.783. The van der Waals surface area contributed by atoms with E-state index in [9.17, 15) is 0 Å². The molecule has 0 atom stereocenters. The topological polar surface area (TPSA) is 0 Å². The van der Waals surface area contributed by atoms with E-state index in [2.05, 4.69) is 44.2 Å². The summed E-state index contributed by atoms with van der Waals surface area (Å²) in [5.41, 5.74) is 2.68. The SMILES string of the molecule is Cc1cccc(Sc2ccc(Cl)cc2)c1C. The Hall–Kier alpha value is -0.920. The normalized spacial score (nSPS) is 10.4. The molecule has 2 rings (SSSR count). The third-order valence-corrected chi connectivity index (χ3v) is 4.02. The predicted molar refractivity (Wildman–Crippen MR) is 71.5 cm³/mol. The fourth-order valence-electron chi connectivity index (χ4n) is 1.46. The van der Waals surface area contributed by atoms with Gasteiger partial charge in [0.05, 0.1) is 0 Å². The Morgan fingerprint density at radius 1 is 0.938 bits per heavy atom. The highest BCUT2D eigenvalue weighted by Crippen LogP contribution is 2.31. The summed E-state index contributed by atoms with van der Waals surface area (Å²) in [7, 11) is 0. The minimum absolute atomic E-state index is 0.783. The summed E-state index contributed by atoms with van der Waals surface area (Å²) in [6, 6.07) is 14.3. The molecule has 82 valence electrons.